The van der Waals surface area contributed by atoms with E-state index >= 15 is 0 Å². The van der Waals surface area contributed by atoms with E-state index in [2.05, 4.69) is 36.0 Å². The molecule has 2 heteroatoms. The van der Waals surface area contributed by atoms with Crippen LogP contribution in [-0.4, -0.2) is 13.1 Å². The summed E-state index contributed by atoms with van der Waals surface area (Å²) in [5.74, 6) is 0. The number of ether oxygens (including phenoxy) is 1. The van der Waals surface area contributed by atoms with E-state index in [-0.39, 0.29) is 0 Å². The molecule has 0 aliphatic rings. The van der Waals surface area contributed by atoms with Gasteiger partial charge in [0, 0.05) is 0 Å². The number of unbranched alkanes of at least 4 members (excludes halogenated alkanes) is 6. The zero-order chi connectivity index (χ0) is 12.6. The van der Waals surface area contributed by atoms with Gasteiger partial charge < -0.3 is 4.74 Å². The third-order valence-corrected chi connectivity index (χ3v) is 2.54. The molecule has 0 fully saturated rings. The lowest BCUT2D eigenvalue weighted by molar-refractivity contribution is -0.128. The molecule has 0 aromatic carbocycles. The van der Waals surface area contributed by atoms with E-state index in [1.807, 2.05) is 0 Å². The Hall–Kier alpha value is -1.05. The van der Waals surface area contributed by atoms with Gasteiger partial charge in [-0.15, -0.1) is 0 Å². The van der Waals surface area contributed by atoms with Gasteiger partial charge in [0.15, 0.2) is 0 Å². The van der Waals surface area contributed by atoms with E-state index in [0.29, 0.717) is 13.1 Å². The van der Waals surface area contributed by atoms with Gasteiger partial charge in [-0.25, -0.2) is 0 Å². The van der Waals surface area contributed by atoms with Gasteiger partial charge >= 0.3 is 0 Å². The summed E-state index contributed by atoms with van der Waals surface area (Å²) < 4.78 is 4.63. The minimum absolute atomic E-state index is 0.525. The maximum Gasteiger partial charge on any atom is 0.293 e. The first kappa shape index (κ1) is 16.0. The summed E-state index contributed by atoms with van der Waals surface area (Å²) in [7, 11) is 0. The lowest BCUT2D eigenvalue weighted by Gasteiger charge is -1.99. The fourth-order valence-corrected chi connectivity index (χ4v) is 1.54. The molecule has 0 aliphatic carbocycles. The van der Waals surface area contributed by atoms with E-state index in [1.54, 1.807) is 0 Å². The minimum atomic E-state index is 0.525. The number of hydrogen-bond acceptors (Lipinski definition) is 2. The Morgan fingerprint density at radius 3 is 2.24 bits per heavy atom. The maximum atomic E-state index is 9.87. The highest BCUT2D eigenvalue weighted by molar-refractivity contribution is 5.36. The van der Waals surface area contributed by atoms with Crippen molar-refractivity contribution in [2.24, 2.45) is 0 Å². The highest BCUT2D eigenvalue weighted by Gasteiger charge is 1.89. The molecule has 0 bridgehead atoms. The van der Waals surface area contributed by atoms with Crippen molar-refractivity contribution in [3.63, 3.8) is 0 Å². The van der Waals surface area contributed by atoms with Crippen LogP contribution in [0.2, 0.25) is 0 Å². The molecule has 0 heterocycles. The van der Waals surface area contributed by atoms with Gasteiger partial charge in [-0.3, -0.25) is 4.79 Å². The summed E-state index contributed by atoms with van der Waals surface area (Å²) >= 11 is 0. The first-order valence-corrected chi connectivity index (χ1v) is 6.78. The number of allylic oxidation sites excluding steroid dienone is 4. The van der Waals surface area contributed by atoms with Gasteiger partial charge in [0.05, 0.1) is 6.61 Å². The van der Waals surface area contributed by atoms with Crippen molar-refractivity contribution < 1.29 is 9.53 Å². The number of carbonyl (C=O) groups is 1. The molecule has 0 aliphatic heterocycles. The van der Waals surface area contributed by atoms with E-state index in [0.717, 1.165) is 12.8 Å². The van der Waals surface area contributed by atoms with Gasteiger partial charge in [0.2, 0.25) is 0 Å². The molecule has 0 unspecified atom stereocenters. The second-order valence-corrected chi connectivity index (χ2v) is 4.17. The van der Waals surface area contributed by atoms with Crippen molar-refractivity contribution in [2.45, 2.75) is 58.3 Å². The van der Waals surface area contributed by atoms with Gasteiger partial charge in [0.1, 0.15) is 0 Å². The molecule has 0 aromatic heterocycles. The molecule has 0 aromatic rings. The van der Waals surface area contributed by atoms with Crippen molar-refractivity contribution >= 4 is 6.47 Å². The number of carbonyl (C=O) groups excluding carboxylic acids is 1. The first-order valence-electron chi connectivity index (χ1n) is 6.78. The average Bonchev–Trinajstić information content (AvgIpc) is 2.35. The lowest BCUT2D eigenvalue weighted by Crippen LogP contribution is -1.91. The Morgan fingerprint density at radius 1 is 0.882 bits per heavy atom. The Morgan fingerprint density at radius 2 is 1.53 bits per heavy atom. The molecule has 17 heavy (non-hydrogen) atoms. The predicted octanol–water partition coefficient (Wildman–Crippen LogP) is 4.41. The van der Waals surface area contributed by atoms with Crippen LogP contribution < -0.4 is 0 Å². The van der Waals surface area contributed by atoms with Crippen LogP contribution in [0.3, 0.4) is 0 Å². The van der Waals surface area contributed by atoms with E-state index in [9.17, 15) is 4.79 Å². The van der Waals surface area contributed by atoms with Crippen LogP contribution in [-0.2, 0) is 9.53 Å². The van der Waals surface area contributed by atoms with Crippen LogP contribution in [0.15, 0.2) is 24.3 Å². The van der Waals surface area contributed by atoms with E-state index in [4.69, 9.17) is 0 Å². The van der Waals surface area contributed by atoms with Crippen molar-refractivity contribution in [3.8, 4) is 0 Å². The fraction of sp³-hybridized carbons (Fsp3) is 0.667. The predicted molar refractivity (Wildman–Crippen MR) is 72.9 cm³/mol. The molecular weight excluding hydrogens is 212 g/mol. The van der Waals surface area contributed by atoms with Crippen LogP contribution in [0.4, 0.5) is 0 Å². The molecule has 0 saturated heterocycles. The van der Waals surface area contributed by atoms with Crippen LogP contribution in [0, 0.1) is 0 Å². The van der Waals surface area contributed by atoms with E-state index in [1.165, 1.54) is 38.5 Å². The summed E-state index contributed by atoms with van der Waals surface area (Å²) in [6.07, 6.45) is 18.2. The van der Waals surface area contributed by atoms with Crippen molar-refractivity contribution in [3.05, 3.63) is 24.3 Å². The largest absolute Gasteiger partial charge is 0.468 e. The standard InChI is InChI=1S/C15H26O2/c1-2-3-4-5-6-7-8-9-10-11-12-13-14-17-15-16/h4-7,15H,2-3,8-14H2,1H3/b5-4+,7-6+. The molecule has 0 radical (unpaired) electrons. The number of hydrogen-bond donors (Lipinski definition) is 0. The Kier molecular flexibility index (Phi) is 14.0. The van der Waals surface area contributed by atoms with Gasteiger partial charge in [-0.2, -0.15) is 0 Å². The Labute approximate surface area is 106 Å². The average molecular weight is 238 g/mol. The lowest BCUT2D eigenvalue weighted by atomic mass is 10.1. The molecule has 0 N–H and O–H groups in total. The summed E-state index contributed by atoms with van der Waals surface area (Å²) in [5.41, 5.74) is 0. The molecule has 0 atom stereocenters. The van der Waals surface area contributed by atoms with E-state index < -0.39 is 0 Å². The third kappa shape index (κ3) is 14.9. The summed E-state index contributed by atoms with van der Waals surface area (Å²) in [5, 5.41) is 0. The molecule has 0 amide bonds. The topological polar surface area (TPSA) is 26.3 Å². The van der Waals surface area contributed by atoms with Gasteiger partial charge in [0.25, 0.3) is 6.47 Å². The molecular formula is C15H26O2. The zero-order valence-corrected chi connectivity index (χ0v) is 11.1. The van der Waals surface area contributed by atoms with Crippen LogP contribution in [0.5, 0.6) is 0 Å². The zero-order valence-electron chi connectivity index (χ0n) is 11.1. The molecule has 0 saturated carbocycles. The molecule has 0 rings (SSSR count). The first-order chi connectivity index (χ1) is 8.41. The fourth-order valence-electron chi connectivity index (χ4n) is 1.54. The summed E-state index contributed by atoms with van der Waals surface area (Å²) in [4.78, 5) is 9.87. The van der Waals surface area contributed by atoms with Crippen LogP contribution in [0.1, 0.15) is 58.3 Å². The highest BCUT2D eigenvalue weighted by atomic mass is 16.5. The highest BCUT2D eigenvalue weighted by Crippen LogP contribution is 2.06. The summed E-state index contributed by atoms with van der Waals surface area (Å²) in [6, 6.07) is 0. The Balaban J connectivity index is 3.09. The number of rotatable bonds is 12. The van der Waals surface area contributed by atoms with Crippen LogP contribution in [0.25, 0.3) is 0 Å². The maximum absolute atomic E-state index is 9.87. The van der Waals surface area contributed by atoms with Gasteiger partial charge in [-0.05, 0) is 25.7 Å². The Bertz CT molecular complexity index is 207. The van der Waals surface area contributed by atoms with Crippen molar-refractivity contribution in [2.75, 3.05) is 6.61 Å². The second kappa shape index (κ2) is 14.9. The van der Waals surface area contributed by atoms with Crippen LogP contribution >= 0.6 is 0 Å². The van der Waals surface area contributed by atoms with Gasteiger partial charge in [-0.1, -0.05) is 56.9 Å². The monoisotopic (exact) mass is 238 g/mol. The molecule has 98 valence electrons. The smallest absolute Gasteiger partial charge is 0.293 e. The third-order valence-electron chi connectivity index (χ3n) is 2.54. The van der Waals surface area contributed by atoms with Crippen molar-refractivity contribution in [1.82, 2.24) is 0 Å². The minimum Gasteiger partial charge on any atom is -0.468 e. The van der Waals surface area contributed by atoms with Crippen molar-refractivity contribution in [1.29, 1.82) is 0 Å². The summed E-state index contributed by atoms with van der Waals surface area (Å²) in [6.45, 7) is 3.29. The normalized spacial score (nSPS) is 11.4. The quantitative estimate of drug-likeness (QED) is 0.286. The molecule has 0 spiro atoms. The SMILES string of the molecule is CCC/C=C/C=C/CCCCCCCOC=O. The molecule has 2 nitrogen and oxygen atoms in total. The second-order valence-electron chi connectivity index (χ2n) is 4.17.